The number of benzene rings is 1. The van der Waals surface area contributed by atoms with Crippen LogP contribution in [0.2, 0.25) is 0 Å². The topological polar surface area (TPSA) is 66.4 Å². The highest BCUT2D eigenvalue weighted by molar-refractivity contribution is 7.89. The van der Waals surface area contributed by atoms with E-state index in [1.54, 1.807) is 12.1 Å². The number of phenols is 1. The van der Waals surface area contributed by atoms with Crippen LogP contribution in [0.4, 0.5) is 0 Å². The maximum atomic E-state index is 12.3. The van der Waals surface area contributed by atoms with E-state index in [2.05, 4.69) is 4.72 Å². The Kier molecular flexibility index (Phi) is 2.30. The number of para-hydroxylation sites is 1. The highest BCUT2D eigenvalue weighted by Gasteiger charge is 2.65. The zero-order chi connectivity index (χ0) is 13.2. The van der Waals surface area contributed by atoms with Gasteiger partial charge in [0.2, 0.25) is 10.0 Å². The molecule has 3 saturated carbocycles. The number of fused-ring (bicyclic) bond motifs is 5. The van der Waals surface area contributed by atoms with Gasteiger partial charge < -0.3 is 5.11 Å². The van der Waals surface area contributed by atoms with Crippen LogP contribution in [0.25, 0.3) is 0 Å². The van der Waals surface area contributed by atoms with Crippen molar-refractivity contribution < 1.29 is 13.5 Å². The van der Waals surface area contributed by atoms with Crippen molar-refractivity contribution in [2.24, 2.45) is 23.7 Å². The van der Waals surface area contributed by atoms with E-state index >= 15 is 0 Å². The maximum absolute atomic E-state index is 12.3. The van der Waals surface area contributed by atoms with Gasteiger partial charge in [0.15, 0.2) is 0 Å². The van der Waals surface area contributed by atoms with Crippen LogP contribution in [0.5, 0.6) is 5.75 Å². The summed E-state index contributed by atoms with van der Waals surface area (Å²) >= 11 is 0. The van der Waals surface area contributed by atoms with Crippen molar-refractivity contribution in [1.82, 2.24) is 4.72 Å². The van der Waals surface area contributed by atoms with E-state index in [1.807, 2.05) is 0 Å². The minimum Gasteiger partial charge on any atom is -0.507 e. The second-order valence-electron chi connectivity index (χ2n) is 6.10. The van der Waals surface area contributed by atoms with Crippen LogP contribution >= 0.6 is 0 Å². The summed E-state index contributed by atoms with van der Waals surface area (Å²) in [6.45, 7) is 0. The molecule has 2 N–H and O–H groups in total. The van der Waals surface area contributed by atoms with Gasteiger partial charge in [-0.2, -0.15) is 0 Å². The van der Waals surface area contributed by atoms with Gasteiger partial charge in [-0.05, 0) is 55.1 Å². The van der Waals surface area contributed by atoms with Gasteiger partial charge in [-0.25, -0.2) is 13.1 Å². The minimum absolute atomic E-state index is 0.00711. The Morgan fingerprint density at radius 3 is 2.37 bits per heavy atom. The Morgan fingerprint density at radius 1 is 1.11 bits per heavy atom. The predicted octanol–water partition coefficient (Wildman–Crippen LogP) is 1.71. The summed E-state index contributed by atoms with van der Waals surface area (Å²) in [6, 6.07) is 6.22. The highest BCUT2D eigenvalue weighted by atomic mass is 32.2. The molecule has 5 heteroatoms. The lowest BCUT2D eigenvalue weighted by Crippen LogP contribution is -2.30. The van der Waals surface area contributed by atoms with Gasteiger partial charge in [0, 0.05) is 6.04 Å². The number of nitrogens with one attached hydrogen (secondary N) is 1. The molecule has 0 spiro atoms. The van der Waals surface area contributed by atoms with Crippen molar-refractivity contribution in [2.45, 2.75) is 30.2 Å². The van der Waals surface area contributed by atoms with E-state index in [4.69, 9.17) is 0 Å². The second-order valence-corrected chi connectivity index (χ2v) is 7.79. The molecular formula is C14H17NO3S. The molecule has 1 aromatic carbocycles. The molecule has 2 bridgehead atoms. The Labute approximate surface area is 112 Å². The molecule has 4 nitrogen and oxygen atoms in total. The summed E-state index contributed by atoms with van der Waals surface area (Å²) in [7, 11) is -3.59. The zero-order valence-electron chi connectivity index (χ0n) is 10.5. The van der Waals surface area contributed by atoms with Crippen LogP contribution in [0.15, 0.2) is 29.2 Å². The van der Waals surface area contributed by atoms with E-state index in [1.165, 1.54) is 31.4 Å². The Bertz CT molecular complexity index is 611. The summed E-state index contributed by atoms with van der Waals surface area (Å²) in [6.07, 6.45) is 3.82. The molecule has 0 saturated heterocycles. The van der Waals surface area contributed by atoms with Gasteiger partial charge >= 0.3 is 0 Å². The highest BCUT2D eigenvalue weighted by Crippen LogP contribution is 2.65. The first kappa shape index (κ1) is 11.7. The molecule has 4 atom stereocenters. The van der Waals surface area contributed by atoms with Crippen molar-refractivity contribution in [3.63, 3.8) is 0 Å². The molecule has 1 aromatic rings. The Morgan fingerprint density at radius 2 is 1.74 bits per heavy atom. The Hall–Kier alpha value is -1.07. The Balaban J connectivity index is 1.57. The average Bonchev–Trinajstić information content (AvgIpc) is 2.77. The third kappa shape index (κ3) is 1.64. The molecule has 3 aliphatic rings. The normalized spacial score (nSPS) is 39.3. The van der Waals surface area contributed by atoms with Gasteiger partial charge in [0.05, 0.1) is 0 Å². The van der Waals surface area contributed by atoms with Gasteiger partial charge in [0.1, 0.15) is 10.6 Å². The van der Waals surface area contributed by atoms with Crippen LogP contribution in [-0.2, 0) is 10.0 Å². The molecule has 0 heterocycles. The standard InChI is InChI=1S/C14H17NO3S/c16-10-3-1-2-4-11(10)19(17,18)15-14-12-8-5-6-9(7-8)13(12)14/h1-4,8-9,12-16H,5-7H2. The zero-order valence-corrected chi connectivity index (χ0v) is 11.3. The monoisotopic (exact) mass is 279 g/mol. The largest absolute Gasteiger partial charge is 0.507 e. The van der Waals surface area contributed by atoms with E-state index in [0.717, 1.165) is 11.8 Å². The van der Waals surface area contributed by atoms with E-state index in [-0.39, 0.29) is 16.7 Å². The fourth-order valence-corrected chi connectivity index (χ4v) is 5.81. The van der Waals surface area contributed by atoms with Crippen molar-refractivity contribution in [1.29, 1.82) is 0 Å². The number of aromatic hydroxyl groups is 1. The third-order valence-corrected chi connectivity index (χ3v) is 6.69. The average molecular weight is 279 g/mol. The van der Waals surface area contributed by atoms with Crippen LogP contribution in [-0.4, -0.2) is 19.6 Å². The van der Waals surface area contributed by atoms with E-state index in [9.17, 15) is 13.5 Å². The molecule has 0 aromatic heterocycles. The third-order valence-electron chi connectivity index (χ3n) is 5.18. The fraction of sp³-hybridized carbons (Fsp3) is 0.571. The van der Waals surface area contributed by atoms with Crippen LogP contribution in [0.1, 0.15) is 19.3 Å². The van der Waals surface area contributed by atoms with Crippen LogP contribution in [0.3, 0.4) is 0 Å². The summed E-state index contributed by atoms with van der Waals surface area (Å²) in [5.74, 6) is 2.39. The SMILES string of the molecule is O=S(=O)(NC1C2C3CCC(C3)C12)c1ccccc1O. The van der Waals surface area contributed by atoms with Gasteiger partial charge in [-0.1, -0.05) is 12.1 Å². The number of hydrogen-bond donors (Lipinski definition) is 2. The smallest absolute Gasteiger partial charge is 0.244 e. The quantitative estimate of drug-likeness (QED) is 0.885. The van der Waals surface area contributed by atoms with Gasteiger partial charge in [-0.15, -0.1) is 0 Å². The maximum Gasteiger partial charge on any atom is 0.244 e. The molecule has 19 heavy (non-hydrogen) atoms. The van der Waals surface area contributed by atoms with Gasteiger partial charge in [0.25, 0.3) is 0 Å². The number of phenolic OH excluding ortho intramolecular Hbond substituents is 1. The molecule has 4 unspecified atom stereocenters. The van der Waals surface area contributed by atoms with Crippen LogP contribution in [0, 0.1) is 23.7 Å². The first-order chi connectivity index (χ1) is 9.08. The molecule has 0 radical (unpaired) electrons. The molecular weight excluding hydrogens is 262 g/mol. The molecule has 102 valence electrons. The molecule has 4 rings (SSSR count). The predicted molar refractivity (Wildman–Crippen MR) is 70.0 cm³/mol. The lowest BCUT2D eigenvalue weighted by molar-refractivity contribution is 0.455. The molecule has 0 amide bonds. The molecule has 3 aliphatic carbocycles. The summed E-state index contributed by atoms with van der Waals surface area (Å²) < 4.78 is 27.4. The lowest BCUT2D eigenvalue weighted by atomic mass is 10.0. The molecule has 3 fully saturated rings. The number of rotatable bonds is 3. The second kappa shape index (κ2) is 3.73. The fourth-order valence-electron chi connectivity index (χ4n) is 4.41. The van der Waals surface area contributed by atoms with Crippen molar-refractivity contribution in [2.75, 3.05) is 0 Å². The van der Waals surface area contributed by atoms with E-state index in [0.29, 0.717) is 11.8 Å². The van der Waals surface area contributed by atoms with Crippen molar-refractivity contribution >= 4 is 10.0 Å². The number of sulfonamides is 1. The summed E-state index contributed by atoms with van der Waals surface area (Å²) in [5, 5.41) is 9.68. The van der Waals surface area contributed by atoms with Crippen molar-refractivity contribution in [3.8, 4) is 5.75 Å². The van der Waals surface area contributed by atoms with Crippen molar-refractivity contribution in [3.05, 3.63) is 24.3 Å². The molecule has 0 aliphatic heterocycles. The summed E-state index contributed by atoms with van der Waals surface area (Å²) in [5.41, 5.74) is 0. The first-order valence-electron chi connectivity index (χ1n) is 6.88. The minimum atomic E-state index is -3.59. The summed E-state index contributed by atoms with van der Waals surface area (Å²) in [4.78, 5) is -0.00711. The van der Waals surface area contributed by atoms with Crippen LogP contribution < -0.4 is 4.72 Å². The van der Waals surface area contributed by atoms with E-state index < -0.39 is 10.0 Å². The van der Waals surface area contributed by atoms with Gasteiger partial charge in [-0.3, -0.25) is 0 Å². The first-order valence-corrected chi connectivity index (χ1v) is 8.36. The number of hydrogen-bond acceptors (Lipinski definition) is 3. The lowest BCUT2D eigenvalue weighted by Gasteiger charge is -2.12.